The highest BCUT2D eigenvalue weighted by atomic mass is 32.2. The molecule has 4 heterocycles. The number of likely N-dealkylation sites (N-methyl/N-ethyl adjacent to an activating group) is 1. The molecule has 1 unspecified atom stereocenters. The lowest BCUT2D eigenvalue weighted by Gasteiger charge is -2.52. The molecule has 2 fully saturated rings. The van der Waals surface area contributed by atoms with Crippen LogP contribution in [0, 0.1) is 11.8 Å². The average molecular weight is 666 g/mol. The third kappa shape index (κ3) is 7.07. The number of anilines is 1. The number of carbonyl (C=O) groups excluding carboxylic acids is 1. The number of aromatic nitrogens is 2. The van der Waals surface area contributed by atoms with E-state index < -0.39 is 9.84 Å². The third-order valence-corrected chi connectivity index (χ3v) is 12.4. The summed E-state index contributed by atoms with van der Waals surface area (Å²) in [6, 6.07) is 16.3. The van der Waals surface area contributed by atoms with Crippen LogP contribution in [-0.4, -0.2) is 93.4 Å². The van der Waals surface area contributed by atoms with E-state index in [4.69, 9.17) is 0 Å². The summed E-state index contributed by atoms with van der Waals surface area (Å²) in [6.45, 7) is 9.45. The van der Waals surface area contributed by atoms with Gasteiger partial charge in [-0.05, 0) is 87.1 Å². The number of nitrogens with one attached hydrogen (secondary N) is 2. The Balaban J connectivity index is 0.00000270. The van der Waals surface area contributed by atoms with Crippen LogP contribution < -0.4 is 15.5 Å². The molecule has 0 saturated carbocycles. The highest BCUT2D eigenvalue weighted by Crippen LogP contribution is 2.47. The van der Waals surface area contributed by atoms with Crippen molar-refractivity contribution in [1.29, 1.82) is 0 Å². The number of sulfone groups is 1. The third-order valence-electron chi connectivity index (χ3n) is 10.7. The minimum atomic E-state index is -3.57. The van der Waals surface area contributed by atoms with Gasteiger partial charge in [-0.2, -0.15) is 5.10 Å². The summed E-state index contributed by atoms with van der Waals surface area (Å²) in [4.78, 5) is 20.5. The second kappa shape index (κ2) is 14.0. The molecular weight excluding hydrogens is 611 g/mol. The topological polar surface area (TPSA) is 103 Å². The normalized spacial score (nSPS) is 22.0. The van der Waals surface area contributed by atoms with Crippen molar-refractivity contribution in [2.24, 2.45) is 18.9 Å². The van der Waals surface area contributed by atoms with Crippen LogP contribution in [0.25, 0.3) is 0 Å². The molecular formula is C36H55N7O3S. The maximum Gasteiger partial charge on any atom is 0.314 e. The maximum atomic E-state index is 12.9. The Labute approximate surface area is 283 Å². The number of amides is 2. The predicted molar refractivity (Wildman–Crippen MR) is 190 cm³/mol. The number of hydrogen-bond acceptors (Lipinski definition) is 7. The SMILES string of the molecule is CCC[C@@H](CC1(C2CCN(CC3CN(c4ccc(S(=O)(=O)c5cnn(C)c5)cc4)C3)CC2)CN(C)Cc2ccccc21)NC(=O)NC.[HH].[HH]. The number of carbonyl (C=O) groups is 1. The molecule has 2 saturated heterocycles. The number of likely N-dealkylation sites (tertiary alicyclic amines) is 1. The smallest absolute Gasteiger partial charge is 0.314 e. The fraction of sp³-hybridized carbons (Fsp3) is 0.556. The highest BCUT2D eigenvalue weighted by molar-refractivity contribution is 7.91. The summed E-state index contributed by atoms with van der Waals surface area (Å²) in [5.41, 5.74) is 3.99. The first kappa shape index (κ1) is 33.5. The van der Waals surface area contributed by atoms with Crippen LogP contribution in [-0.2, 0) is 28.8 Å². The van der Waals surface area contributed by atoms with E-state index >= 15 is 0 Å². The molecule has 2 amide bonds. The first-order valence-electron chi connectivity index (χ1n) is 17.2. The molecule has 258 valence electrons. The molecule has 10 nitrogen and oxygen atoms in total. The van der Waals surface area contributed by atoms with Gasteiger partial charge in [0.25, 0.3) is 0 Å². The molecule has 0 aliphatic carbocycles. The van der Waals surface area contributed by atoms with Crippen molar-refractivity contribution < 1.29 is 16.1 Å². The number of piperidine rings is 1. The van der Waals surface area contributed by atoms with E-state index in [-0.39, 0.29) is 25.2 Å². The fourth-order valence-electron chi connectivity index (χ4n) is 8.46. The Kier molecular flexibility index (Phi) is 9.96. The lowest BCUT2D eigenvalue weighted by Crippen LogP contribution is -2.56. The summed E-state index contributed by atoms with van der Waals surface area (Å²) < 4.78 is 27.4. The van der Waals surface area contributed by atoms with E-state index in [0.29, 0.717) is 16.7 Å². The van der Waals surface area contributed by atoms with Gasteiger partial charge in [0, 0.05) is 78.9 Å². The minimum Gasteiger partial charge on any atom is -0.371 e. The summed E-state index contributed by atoms with van der Waals surface area (Å²) in [5.74, 6) is 1.15. The summed E-state index contributed by atoms with van der Waals surface area (Å²) in [6.07, 6.45) is 8.21. The number of urea groups is 1. The summed E-state index contributed by atoms with van der Waals surface area (Å²) >= 11 is 0. The van der Waals surface area contributed by atoms with Crippen molar-refractivity contribution >= 4 is 21.6 Å². The lowest BCUT2D eigenvalue weighted by molar-refractivity contribution is 0.0655. The van der Waals surface area contributed by atoms with Crippen molar-refractivity contribution in [3.8, 4) is 0 Å². The van der Waals surface area contributed by atoms with Gasteiger partial charge in [-0.15, -0.1) is 0 Å². The number of aryl methyl sites for hydroxylation is 1. The molecule has 2 aromatic carbocycles. The molecule has 47 heavy (non-hydrogen) atoms. The van der Waals surface area contributed by atoms with E-state index in [1.165, 1.54) is 28.2 Å². The van der Waals surface area contributed by atoms with E-state index in [1.807, 2.05) is 12.1 Å². The van der Waals surface area contributed by atoms with Crippen molar-refractivity contribution in [1.82, 2.24) is 30.2 Å². The Morgan fingerprint density at radius 1 is 1.06 bits per heavy atom. The first-order chi connectivity index (χ1) is 22.6. The van der Waals surface area contributed by atoms with Crippen LogP contribution in [0.3, 0.4) is 0 Å². The Morgan fingerprint density at radius 3 is 2.45 bits per heavy atom. The summed E-state index contributed by atoms with van der Waals surface area (Å²) in [5, 5.41) is 10.1. The van der Waals surface area contributed by atoms with Crippen LogP contribution >= 0.6 is 0 Å². The van der Waals surface area contributed by atoms with Crippen LogP contribution in [0.15, 0.2) is 70.7 Å². The van der Waals surface area contributed by atoms with Gasteiger partial charge in [-0.3, -0.25) is 4.68 Å². The molecule has 3 aromatic rings. The zero-order valence-electron chi connectivity index (χ0n) is 28.4. The van der Waals surface area contributed by atoms with Gasteiger partial charge >= 0.3 is 6.03 Å². The van der Waals surface area contributed by atoms with Crippen molar-refractivity contribution in [2.45, 2.75) is 66.8 Å². The Hall–Kier alpha value is -3.41. The maximum absolute atomic E-state index is 12.9. The van der Waals surface area contributed by atoms with Gasteiger partial charge in [0.1, 0.15) is 4.90 Å². The monoisotopic (exact) mass is 665 g/mol. The van der Waals surface area contributed by atoms with E-state index in [9.17, 15) is 13.2 Å². The number of nitrogens with zero attached hydrogens (tertiary/aromatic N) is 5. The summed E-state index contributed by atoms with van der Waals surface area (Å²) in [7, 11) is 2.09. The van der Waals surface area contributed by atoms with Crippen LogP contribution in [0.4, 0.5) is 10.5 Å². The van der Waals surface area contributed by atoms with E-state index in [0.717, 1.165) is 83.6 Å². The largest absolute Gasteiger partial charge is 0.371 e. The molecule has 0 spiro atoms. The molecule has 3 aliphatic rings. The van der Waals surface area contributed by atoms with Gasteiger partial charge < -0.3 is 25.3 Å². The lowest BCUT2D eigenvalue weighted by atomic mass is 9.60. The number of benzene rings is 2. The van der Waals surface area contributed by atoms with Crippen LogP contribution in [0.2, 0.25) is 0 Å². The number of rotatable bonds is 11. The fourth-order valence-corrected chi connectivity index (χ4v) is 9.70. The second-order valence-corrected chi connectivity index (χ2v) is 16.0. The average Bonchev–Trinajstić information content (AvgIpc) is 3.50. The van der Waals surface area contributed by atoms with Crippen LogP contribution in [0.1, 0.15) is 53.0 Å². The molecule has 6 rings (SSSR count). The predicted octanol–water partition coefficient (Wildman–Crippen LogP) is 4.76. The zero-order valence-corrected chi connectivity index (χ0v) is 29.2. The molecule has 2 N–H and O–H groups in total. The first-order valence-corrected chi connectivity index (χ1v) is 18.7. The molecule has 0 radical (unpaired) electrons. The van der Waals surface area contributed by atoms with Crippen LogP contribution in [0.5, 0.6) is 0 Å². The standard InChI is InChI=1S/C36H51N7O3S.2H2/c1-5-8-30(39-35(44)37-2)19-36(26-40(3)24-28-9-6-7-10-34(28)36)29-15-17-42(18-16-29)21-27-22-43(23-27)31-11-13-32(14-12-31)47(45,46)33-20-38-41(4)25-33;;/h6-7,9-14,20,25,27,29-30H,5,8,15-19,21-24,26H2,1-4H3,(H2,37,39,44);2*1H/t30-,36?;;/m0../s1. The number of fused-ring (bicyclic) bond motifs is 1. The Bertz CT molecular complexity index is 1640. The van der Waals surface area contributed by atoms with Crippen molar-refractivity contribution in [3.05, 3.63) is 72.1 Å². The van der Waals surface area contributed by atoms with E-state index in [2.05, 4.69) is 68.7 Å². The Morgan fingerprint density at radius 2 is 1.79 bits per heavy atom. The molecule has 1 aromatic heterocycles. The van der Waals surface area contributed by atoms with Gasteiger partial charge in [0.2, 0.25) is 9.84 Å². The zero-order chi connectivity index (χ0) is 33.2. The van der Waals surface area contributed by atoms with Crippen molar-refractivity contribution in [3.63, 3.8) is 0 Å². The highest BCUT2D eigenvalue weighted by Gasteiger charge is 2.47. The van der Waals surface area contributed by atoms with Crippen molar-refractivity contribution in [2.75, 3.05) is 58.3 Å². The van der Waals surface area contributed by atoms with Gasteiger partial charge in [-0.25, -0.2) is 13.2 Å². The molecule has 2 atom stereocenters. The quantitative estimate of drug-likeness (QED) is 0.305. The van der Waals surface area contributed by atoms with Gasteiger partial charge in [-0.1, -0.05) is 37.6 Å². The second-order valence-electron chi connectivity index (χ2n) is 14.1. The molecule has 3 aliphatic heterocycles. The number of hydrogen-bond donors (Lipinski definition) is 2. The van der Waals surface area contributed by atoms with E-state index in [1.54, 1.807) is 26.2 Å². The molecule has 0 bridgehead atoms. The molecule has 11 heteroatoms. The van der Waals surface area contributed by atoms with Gasteiger partial charge in [0.15, 0.2) is 0 Å². The minimum absolute atomic E-state index is 0. The van der Waals surface area contributed by atoms with Gasteiger partial charge in [0.05, 0.1) is 11.1 Å².